The Kier molecular flexibility index (Phi) is 3.21. The van der Waals surface area contributed by atoms with Crippen LogP contribution >= 0.6 is 0 Å². The molecule has 0 spiro atoms. The first-order valence-corrected chi connectivity index (χ1v) is 5.65. The Morgan fingerprint density at radius 2 is 1.95 bits per heavy atom. The van der Waals surface area contributed by atoms with Crippen LogP contribution in [-0.2, 0) is 0 Å². The minimum absolute atomic E-state index is 0.0486. The van der Waals surface area contributed by atoms with E-state index in [-0.39, 0.29) is 17.0 Å². The van der Waals surface area contributed by atoms with E-state index in [0.29, 0.717) is 5.69 Å². The van der Waals surface area contributed by atoms with Gasteiger partial charge in [0.15, 0.2) is 5.78 Å². The topological polar surface area (TPSA) is 59.3 Å². The number of carbonyl (C=O) groups excluding carboxylic acids is 1. The van der Waals surface area contributed by atoms with Crippen LogP contribution in [-0.4, -0.2) is 15.5 Å². The number of halogens is 1. The highest BCUT2D eigenvalue weighted by molar-refractivity contribution is 5.96. The van der Waals surface area contributed by atoms with E-state index >= 15 is 0 Å². The number of benzene rings is 1. The summed E-state index contributed by atoms with van der Waals surface area (Å²) >= 11 is 0. The molecule has 0 aliphatic rings. The molecule has 0 aliphatic carbocycles. The molecule has 0 bridgehead atoms. The van der Waals surface area contributed by atoms with Gasteiger partial charge in [0.2, 0.25) is 0 Å². The Morgan fingerprint density at radius 3 is 2.53 bits per heavy atom. The van der Waals surface area contributed by atoms with Crippen LogP contribution in [0, 0.1) is 12.7 Å². The molecule has 5 heteroatoms. The van der Waals surface area contributed by atoms with E-state index in [4.69, 9.17) is 0 Å². The summed E-state index contributed by atoms with van der Waals surface area (Å²) in [5.41, 5.74) is -0.672. The average Bonchev–Trinajstić information content (AvgIpc) is 2.30. The van der Waals surface area contributed by atoms with Crippen molar-refractivity contribution in [3.63, 3.8) is 0 Å². The lowest BCUT2D eigenvalue weighted by Gasteiger charge is -2.13. The fourth-order valence-corrected chi connectivity index (χ4v) is 1.98. The zero-order valence-electron chi connectivity index (χ0n) is 10.5. The Balaban J connectivity index is 2.86. The van der Waals surface area contributed by atoms with Crippen molar-refractivity contribution in [2.24, 2.45) is 0 Å². The van der Waals surface area contributed by atoms with Crippen molar-refractivity contribution in [2.45, 2.75) is 13.8 Å². The van der Waals surface area contributed by atoms with E-state index in [2.05, 4.69) is 0 Å². The van der Waals surface area contributed by atoms with Gasteiger partial charge in [-0.15, -0.1) is 0 Å². The van der Waals surface area contributed by atoms with Crippen molar-refractivity contribution in [1.82, 2.24) is 4.57 Å². The molecular formula is C14H12FNO3. The van der Waals surface area contributed by atoms with Crippen LogP contribution in [0.25, 0.3) is 5.69 Å². The molecule has 0 saturated heterocycles. The van der Waals surface area contributed by atoms with Gasteiger partial charge in [-0.05, 0) is 26.0 Å². The molecule has 0 saturated carbocycles. The molecule has 1 aromatic carbocycles. The maximum atomic E-state index is 13.8. The Morgan fingerprint density at radius 1 is 1.32 bits per heavy atom. The number of aromatic nitrogens is 1. The molecule has 2 aromatic rings. The molecule has 4 nitrogen and oxygen atoms in total. The second-order valence-corrected chi connectivity index (χ2v) is 4.19. The van der Waals surface area contributed by atoms with Gasteiger partial charge in [0.05, 0.1) is 5.69 Å². The first kappa shape index (κ1) is 13.0. The van der Waals surface area contributed by atoms with Crippen molar-refractivity contribution in [2.75, 3.05) is 0 Å². The first-order chi connectivity index (χ1) is 8.93. The second kappa shape index (κ2) is 4.68. The van der Waals surface area contributed by atoms with Gasteiger partial charge >= 0.3 is 0 Å². The van der Waals surface area contributed by atoms with Gasteiger partial charge in [0.25, 0.3) is 5.56 Å². The quantitative estimate of drug-likeness (QED) is 0.843. The summed E-state index contributed by atoms with van der Waals surface area (Å²) in [7, 11) is 0. The maximum absolute atomic E-state index is 13.8. The highest BCUT2D eigenvalue weighted by Crippen LogP contribution is 2.19. The molecule has 0 unspecified atom stereocenters. The summed E-state index contributed by atoms with van der Waals surface area (Å²) in [6.07, 6.45) is 0. The van der Waals surface area contributed by atoms with E-state index in [1.807, 2.05) is 0 Å². The smallest absolute Gasteiger partial charge is 0.270 e. The van der Waals surface area contributed by atoms with Crippen LogP contribution in [0.15, 0.2) is 35.1 Å². The summed E-state index contributed by atoms with van der Waals surface area (Å²) in [6.45, 7) is 2.73. The number of nitrogens with zero attached hydrogens (tertiary/aromatic N) is 1. The lowest BCUT2D eigenvalue weighted by atomic mass is 10.1. The Hall–Kier alpha value is -2.43. The van der Waals surface area contributed by atoms with Gasteiger partial charge < -0.3 is 5.11 Å². The van der Waals surface area contributed by atoms with Gasteiger partial charge in [-0.1, -0.05) is 12.1 Å². The summed E-state index contributed by atoms with van der Waals surface area (Å²) in [6, 6.07) is 7.02. The number of pyridine rings is 1. The zero-order chi connectivity index (χ0) is 14.2. The predicted molar refractivity (Wildman–Crippen MR) is 68.4 cm³/mol. The summed E-state index contributed by atoms with van der Waals surface area (Å²) in [5.74, 6) is -1.52. The highest BCUT2D eigenvalue weighted by Gasteiger charge is 2.18. The van der Waals surface area contributed by atoms with E-state index in [1.54, 1.807) is 13.0 Å². The molecule has 1 heterocycles. The van der Waals surface area contributed by atoms with Crippen LogP contribution in [0.1, 0.15) is 23.0 Å². The molecular weight excluding hydrogens is 249 g/mol. The maximum Gasteiger partial charge on any atom is 0.270 e. The van der Waals surface area contributed by atoms with Gasteiger partial charge in [-0.25, -0.2) is 4.39 Å². The number of aryl methyl sites for hydroxylation is 1. The standard InChI is InChI=1S/C14H12FNO3/c1-8-7-12(18)13(9(2)17)14(19)16(8)11-6-4-3-5-10(11)15/h3-7,18H,1-2H3. The largest absolute Gasteiger partial charge is 0.507 e. The molecule has 0 aliphatic heterocycles. The van der Waals surface area contributed by atoms with Crippen LogP contribution in [0.4, 0.5) is 4.39 Å². The lowest BCUT2D eigenvalue weighted by molar-refractivity contribution is 0.101. The third-order valence-corrected chi connectivity index (χ3v) is 2.82. The lowest BCUT2D eigenvalue weighted by Crippen LogP contribution is -2.26. The van der Waals surface area contributed by atoms with Crippen LogP contribution in [0.5, 0.6) is 5.75 Å². The third kappa shape index (κ3) is 2.14. The van der Waals surface area contributed by atoms with E-state index in [9.17, 15) is 19.1 Å². The Bertz CT molecular complexity index is 719. The SMILES string of the molecule is CC(=O)c1c(O)cc(C)n(-c2ccccc2F)c1=O. The van der Waals surface area contributed by atoms with Crippen LogP contribution in [0.2, 0.25) is 0 Å². The molecule has 1 N–H and O–H groups in total. The number of para-hydroxylation sites is 1. The van der Waals surface area contributed by atoms with Gasteiger partial charge in [0.1, 0.15) is 17.1 Å². The average molecular weight is 261 g/mol. The van der Waals surface area contributed by atoms with Gasteiger partial charge in [-0.2, -0.15) is 0 Å². The monoisotopic (exact) mass is 261 g/mol. The van der Waals surface area contributed by atoms with Crippen molar-refractivity contribution in [3.05, 3.63) is 57.8 Å². The number of rotatable bonds is 2. The fraction of sp³-hybridized carbons (Fsp3) is 0.143. The van der Waals surface area contributed by atoms with Crippen molar-refractivity contribution in [1.29, 1.82) is 0 Å². The molecule has 0 amide bonds. The first-order valence-electron chi connectivity index (χ1n) is 5.65. The van der Waals surface area contributed by atoms with Gasteiger partial charge in [0, 0.05) is 11.8 Å². The van der Waals surface area contributed by atoms with Crippen molar-refractivity contribution < 1.29 is 14.3 Å². The number of Topliss-reactive ketones (excluding diaryl/α,β-unsaturated/α-hetero) is 1. The van der Waals surface area contributed by atoms with E-state index in [0.717, 1.165) is 4.57 Å². The van der Waals surface area contributed by atoms with Crippen LogP contribution in [0.3, 0.4) is 0 Å². The zero-order valence-corrected chi connectivity index (χ0v) is 10.5. The molecule has 0 fully saturated rings. The second-order valence-electron chi connectivity index (χ2n) is 4.19. The summed E-state index contributed by atoms with van der Waals surface area (Å²) < 4.78 is 14.8. The highest BCUT2D eigenvalue weighted by atomic mass is 19.1. The molecule has 1 aromatic heterocycles. The normalized spacial score (nSPS) is 10.5. The number of aromatic hydroxyl groups is 1. The number of hydrogen-bond donors (Lipinski definition) is 1. The number of hydrogen-bond acceptors (Lipinski definition) is 3. The van der Waals surface area contributed by atoms with Crippen molar-refractivity contribution >= 4 is 5.78 Å². The van der Waals surface area contributed by atoms with Crippen LogP contribution < -0.4 is 5.56 Å². The summed E-state index contributed by atoms with van der Waals surface area (Å²) in [4.78, 5) is 23.6. The summed E-state index contributed by atoms with van der Waals surface area (Å²) in [5, 5.41) is 9.66. The molecule has 2 rings (SSSR count). The minimum atomic E-state index is -0.727. The molecule has 0 atom stereocenters. The van der Waals surface area contributed by atoms with Crippen molar-refractivity contribution in [3.8, 4) is 11.4 Å². The number of carbonyl (C=O) groups is 1. The van der Waals surface area contributed by atoms with Gasteiger partial charge in [-0.3, -0.25) is 14.2 Å². The predicted octanol–water partition coefficient (Wildman–Crippen LogP) is 2.19. The minimum Gasteiger partial charge on any atom is -0.507 e. The number of ketones is 1. The molecule has 0 radical (unpaired) electrons. The molecule has 19 heavy (non-hydrogen) atoms. The van der Waals surface area contributed by atoms with E-state index in [1.165, 1.54) is 31.2 Å². The fourth-order valence-electron chi connectivity index (χ4n) is 1.98. The van der Waals surface area contributed by atoms with E-state index < -0.39 is 17.2 Å². The third-order valence-electron chi connectivity index (χ3n) is 2.82. The molecule has 98 valence electrons. The Labute approximate surface area is 108 Å².